The van der Waals surface area contributed by atoms with Gasteiger partial charge in [-0.3, -0.25) is 4.79 Å². The zero-order chi connectivity index (χ0) is 25.8. The molecule has 5 rings (SSSR count). The van der Waals surface area contributed by atoms with Crippen LogP contribution in [0.5, 0.6) is 17.4 Å². The maximum Gasteiger partial charge on any atom is 0.247 e. The fraction of sp³-hybridized carbons (Fsp3) is 0.276. The van der Waals surface area contributed by atoms with Gasteiger partial charge in [0.25, 0.3) is 0 Å². The fourth-order valence-corrected chi connectivity index (χ4v) is 4.53. The normalized spacial score (nSPS) is 14.8. The summed E-state index contributed by atoms with van der Waals surface area (Å²) in [5.74, 6) is 2.39. The molecule has 1 aliphatic carbocycles. The Labute approximate surface area is 217 Å². The third kappa shape index (κ3) is 5.65. The molecule has 2 heterocycles. The van der Waals surface area contributed by atoms with Crippen molar-refractivity contribution in [2.45, 2.75) is 12.8 Å². The molecule has 0 atom stereocenters. The van der Waals surface area contributed by atoms with E-state index >= 15 is 0 Å². The van der Waals surface area contributed by atoms with E-state index in [1.54, 1.807) is 31.4 Å². The first-order chi connectivity index (χ1) is 18.0. The van der Waals surface area contributed by atoms with Gasteiger partial charge in [0.1, 0.15) is 17.3 Å². The smallest absolute Gasteiger partial charge is 0.247 e. The van der Waals surface area contributed by atoms with Crippen LogP contribution in [0, 0.1) is 0 Å². The minimum absolute atomic E-state index is 0.260. The molecule has 8 nitrogen and oxygen atoms in total. The van der Waals surface area contributed by atoms with E-state index in [9.17, 15) is 4.79 Å². The molecule has 2 aromatic carbocycles. The molecule has 2 aliphatic rings. The van der Waals surface area contributed by atoms with E-state index < -0.39 is 0 Å². The molecule has 190 valence electrons. The molecule has 1 saturated heterocycles. The number of allylic oxidation sites excluding steroid dienone is 1. The van der Waals surface area contributed by atoms with Crippen molar-refractivity contribution in [2.24, 2.45) is 0 Å². The van der Waals surface area contributed by atoms with Crippen LogP contribution in [-0.4, -0.2) is 61.1 Å². The molecule has 0 unspecified atom stereocenters. The lowest BCUT2D eigenvalue weighted by molar-refractivity contribution is -0.111. The van der Waals surface area contributed by atoms with E-state index in [0.29, 0.717) is 29.6 Å². The van der Waals surface area contributed by atoms with Gasteiger partial charge >= 0.3 is 0 Å². The molecule has 1 fully saturated rings. The molecule has 8 heteroatoms. The molecule has 1 aliphatic heterocycles. The van der Waals surface area contributed by atoms with Crippen LogP contribution in [0.2, 0.25) is 0 Å². The highest BCUT2D eigenvalue weighted by atomic mass is 16.5. The van der Waals surface area contributed by atoms with Crippen molar-refractivity contribution in [3.05, 3.63) is 83.8 Å². The molecule has 3 aromatic rings. The summed E-state index contributed by atoms with van der Waals surface area (Å²) >= 11 is 0. The van der Waals surface area contributed by atoms with Gasteiger partial charge in [-0.05, 0) is 43.5 Å². The number of nitrogens with one attached hydrogen (secondary N) is 1. The number of rotatable bonds is 8. The van der Waals surface area contributed by atoms with Crippen LogP contribution < -0.4 is 19.7 Å². The summed E-state index contributed by atoms with van der Waals surface area (Å²) in [7, 11) is 3.86. The van der Waals surface area contributed by atoms with E-state index in [1.165, 1.54) is 11.8 Å². The second-order valence-electron chi connectivity index (χ2n) is 9.19. The summed E-state index contributed by atoms with van der Waals surface area (Å²) in [5.41, 5.74) is 4.70. The number of amides is 1. The third-order valence-electron chi connectivity index (χ3n) is 6.64. The number of anilines is 2. The maximum absolute atomic E-state index is 11.5. The first-order valence-corrected chi connectivity index (χ1v) is 12.4. The van der Waals surface area contributed by atoms with E-state index in [0.717, 1.165) is 55.2 Å². The average Bonchev–Trinajstić information content (AvgIpc) is 3.39. The Hall–Kier alpha value is -4.17. The number of hydrogen-bond donors (Lipinski definition) is 1. The lowest BCUT2D eigenvalue weighted by Gasteiger charge is -2.34. The molecule has 37 heavy (non-hydrogen) atoms. The number of carbonyl (C=O) groups is 1. The molecular formula is C29H31N5O3. The van der Waals surface area contributed by atoms with Gasteiger partial charge in [0, 0.05) is 62.0 Å². The van der Waals surface area contributed by atoms with Crippen molar-refractivity contribution in [1.82, 2.24) is 14.9 Å². The van der Waals surface area contributed by atoms with Gasteiger partial charge in [-0.1, -0.05) is 24.8 Å². The number of likely N-dealkylation sites (N-methyl/N-ethyl adjacent to an activating group) is 1. The fourth-order valence-electron chi connectivity index (χ4n) is 4.53. The number of ether oxygens (including phenoxy) is 2. The first kappa shape index (κ1) is 24.5. The van der Waals surface area contributed by atoms with Crippen LogP contribution in [0.1, 0.15) is 22.6 Å². The van der Waals surface area contributed by atoms with Gasteiger partial charge in [-0.25, -0.2) is 4.98 Å². The van der Waals surface area contributed by atoms with E-state index in [-0.39, 0.29) is 5.91 Å². The second-order valence-corrected chi connectivity index (χ2v) is 9.19. The van der Waals surface area contributed by atoms with Gasteiger partial charge < -0.3 is 24.6 Å². The summed E-state index contributed by atoms with van der Waals surface area (Å²) in [5, 5.41) is 2.73. The van der Waals surface area contributed by atoms with Gasteiger partial charge in [0.05, 0.1) is 18.4 Å². The lowest BCUT2D eigenvalue weighted by atomic mass is 10.1. The number of piperazine rings is 1. The highest BCUT2D eigenvalue weighted by Crippen LogP contribution is 2.33. The first-order valence-electron chi connectivity index (χ1n) is 12.4. The zero-order valence-electron chi connectivity index (χ0n) is 21.2. The summed E-state index contributed by atoms with van der Waals surface area (Å²) in [4.78, 5) is 25.9. The van der Waals surface area contributed by atoms with Crippen molar-refractivity contribution in [3.8, 4) is 17.4 Å². The van der Waals surface area contributed by atoms with Crippen LogP contribution in [0.4, 0.5) is 11.4 Å². The average molecular weight is 498 g/mol. The predicted octanol–water partition coefficient (Wildman–Crippen LogP) is 4.31. The van der Waals surface area contributed by atoms with Crippen molar-refractivity contribution in [3.63, 3.8) is 0 Å². The van der Waals surface area contributed by atoms with Crippen molar-refractivity contribution in [1.29, 1.82) is 0 Å². The number of fused-ring (bicyclic) bond motifs is 1. The molecule has 0 radical (unpaired) electrons. The number of hydrogen-bond acceptors (Lipinski definition) is 7. The van der Waals surface area contributed by atoms with Crippen LogP contribution in [0.15, 0.2) is 61.2 Å². The maximum atomic E-state index is 11.5. The van der Waals surface area contributed by atoms with Crippen molar-refractivity contribution >= 4 is 23.4 Å². The minimum atomic E-state index is -0.260. The Kier molecular flexibility index (Phi) is 7.18. The topological polar surface area (TPSA) is 79.8 Å². The summed E-state index contributed by atoms with van der Waals surface area (Å²) < 4.78 is 11.9. The van der Waals surface area contributed by atoms with E-state index in [1.807, 2.05) is 6.08 Å². The minimum Gasteiger partial charge on any atom is -0.496 e. The Bertz CT molecular complexity index is 1330. The molecule has 1 amide bonds. The highest BCUT2D eigenvalue weighted by molar-refractivity contribution is 5.98. The molecule has 0 spiro atoms. The number of benzene rings is 2. The zero-order valence-corrected chi connectivity index (χ0v) is 21.2. The largest absolute Gasteiger partial charge is 0.496 e. The second kappa shape index (κ2) is 10.8. The van der Waals surface area contributed by atoms with Crippen molar-refractivity contribution in [2.75, 3.05) is 50.6 Å². The predicted molar refractivity (Wildman–Crippen MR) is 146 cm³/mol. The third-order valence-corrected chi connectivity index (χ3v) is 6.64. The highest BCUT2D eigenvalue weighted by Gasteiger charge is 2.20. The summed E-state index contributed by atoms with van der Waals surface area (Å²) in [6.07, 6.45) is 6.57. The quantitative estimate of drug-likeness (QED) is 0.465. The molecule has 0 saturated carbocycles. The molecule has 1 N–H and O–H groups in total. The number of nitrogens with zero attached hydrogens (tertiary/aromatic N) is 4. The number of aromatic nitrogens is 2. The Morgan fingerprint density at radius 2 is 1.89 bits per heavy atom. The molecule has 0 bridgehead atoms. The van der Waals surface area contributed by atoms with Gasteiger partial charge in [-0.2, -0.15) is 4.98 Å². The Morgan fingerprint density at radius 3 is 2.62 bits per heavy atom. The lowest BCUT2D eigenvalue weighted by Crippen LogP contribution is -2.44. The van der Waals surface area contributed by atoms with Crippen molar-refractivity contribution < 1.29 is 14.3 Å². The SMILES string of the molecule is C=CC(=O)Nc1ccc(Oc2nc(Cc3ccc(N4CCN(C)CC4)cc3OC)nc3c2C=CC3)cc1. The van der Waals surface area contributed by atoms with E-state index in [4.69, 9.17) is 19.4 Å². The molecular weight excluding hydrogens is 466 g/mol. The van der Waals surface area contributed by atoms with Gasteiger partial charge in [0.2, 0.25) is 11.8 Å². The number of carbonyl (C=O) groups excluding carboxylic acids is 1. The summed E-state index contributed by atoms with van der Waals surface area (Å²) in [6.45, 7) is 7.58. The van der Waals surface area contributed by atoms with Gasteiger partial charge in [0.15, 0.2) is 0 Å². The Morgan fingerprint density at radius 1 is 1.11 bits per heavy atom. The van der Waals surface area contributed by atoms with Gasteiger partial charge in [-0.15, -0.1) is 0 Å². The monoisotopic (exact) mass is 497 g/mol. The molecule has 1 aromatic heterocycles. The van der Waals surface area contributed by atoms with Crippen LogP contribution in [0.25, 0.3) is 6.08 Å². The standard InChI is InChI=1S/C29H31N5O3/c1-4-28(35)30-21-9-12-23(13-10-21)37-29-24-6-5-7-25(24)31-27(32-29)18-20-8-11-22(19-26(20)36-3)34-16-14-33(2)15-17-34/h4-6,8-13,19H,1,7,14-18H2,2-3H3,(H,30,35). The summed E-state index contributed by atoms with van der Waals surface area (Å²) in [6, 6.07) is 13.5. The van der Waals surface area contributed by atoms with Crippen LogP contribution >= 0.6 is 0 Å². The Balaban J connectivity index is 1.36. The van der Waals surface area contributed by atoms with Crippen LogP contribution in [-0.2, 0) is 17.6 Å². The van der Waals surface area contributed by atoms with Crippen LogP contribution in [0.3, 0.4) is 0 Å². The van der Waals surface area contributed by atoms with E-state index in [2.05, 4.69) is 53.0 Å². The number of methoxy groups -OCH3 is 1.